The molecule has 48 heavy (non-hydrogen) atoms. The zero-order valence-electron chi connectivity index (χ0n) is 27.5. The average molecular weight is 657 g/mol. The van der Waals surface area contributed by atoms with Crippen molar-refractivity contribution in [3.63, 3.8) is 0 Å². The molecule has 3 aromatic carbocycles. The predicted molar refractivity (Wildman–Crippen MR) is 180 cm³/mol. The van der Waals surface area contributed by atoms with E-state index in [1.54, 1.807) is 4.90 Å². The lowest BCUT2D eigenvalue weighted by Crippen LogP contribution is -2.53. The number of carboxylic acid groups (broad SMARTS) is 1. The van der Waals surface area contributed by atoms with Crippen LogP contribution in [-0.4, -0.2) is 90.9 Å². The number of esters is 1. The molecule has 3 aromatic rings. The third-order valence-corrected chi connectivity index (χ3v) is 8.98. The van der Waals surface area contributed by atoms with E-state index >= 15 is 0 Å². The highest BCUT2D eigenvalue weighted by Gasteiger charge is 2.30. The maximum atomic E-state index is 12.7. The summed E-state index contributed by atoms with van der Waals surface area (Å²) in [6.07, 6.45) is 0.455. The van der Waals surface area contributed by atoms with Crippen LogP contribution in [-0.2, 0) is 24.7 Å². The van der Waals surface area contributed by atoms with Crippen molar-refractivity contribution < 1.29 is 33.8 Å². The molecule has 3 N–H and O–H groups in total. The van der Waals surface area contributed by atoms with E-state index in [2.05, 4.69) is 10.6 Å². The summed E-state index contributed by atoms with van der Waals surface area (Å²) in [5, 5.41) is 15.1. The molecule has 1 fully saturated rings. The number of piperazine rings is 1. The highest BCUT2D eigenvalue weighted by molar-refractivity contribution is 5.81. The number of ether oxygens (including phenoxy) is 2. The molecule has 1 unspecified atom stereocenters. The van der Waals surface area contributed by atoms with E-state index in [0.717, 1.165) is 27.8 Å². The monoisotopic (exact) mass is 656 g/mol. The molecule has 1 aliphatic heterocycles. The average Bonchev–Trinajstić information content (AvgIpc) is 3.40. The first-order chi connectivity index (χ1) is 23.1. The first kappa shape index (κ1) is 34.4. The summed E-state index contributed by atoms with van der Waals surface area (Å²) in [5.41, 5.74) is 4.56. The van der Waals surface area contributed by atoms with Gasteiger partial charge in [-0.1, -0.05) is 78.9 Å². The SMILES string of the molecule is CC(C)(OC(=O)CN1CCN(C(=O)NCCCCC(NC(=O)OCC2c3ccccc3-c3ccccc32)C(=O)O)CC1)c1ccccc1. The Labute approximate surface area is 281 Å². The molecular formula is C37H44N4O7. The van der Waals surface area contributed by atoms with Gasteiger partial charge in [-0.25, -0.2) is 14.4 Å². The van der Waals surface area contributed by atoms with E-state index in [1.165, 1.54) is 0 Å². The van der Waals surface area contributed by atoms with Crippen LogP contribution < -0.4 is 10.6 Å². The maximum absolute atomic E-state index is 12.7. The van der Waals surface area contributed by atoms with Crippen LogP contribution in [0.4, 0.5) is 9.59 Å². The van der Waals surface area contributed by atoms with Crippen molar-refractivity contribution in [2.75, 3.05) is 45.9 Å². The second kappa shape index (κ2) is 15.8. The smallest absolute Gasteiger partial charge is 0.407 e. The van der Waals surface area contributed by atoms with Crippen LogP contribution >= 0.6 is 0 Å². The minimum absolute atomic E-state index is 0.100. The van der Waals surface area contributed by atoms with Gasteiger partial charge in [-0.3, -0.25) is 9.69 Å². The highest BCUT2D eigenvalue weighted by atomic mass is 16.6. The molecule has 1 saturated heterocycles. The van der Waals surface area contributed by atoms with Crippen molar-refractivity contribution in [2.45, 2.75) is 50.7 Å². The number of alkyl carbamates (subject to hydrolysis) is 1. The van der Waals surface area contributed by atoms with E-state index < -0.39 is 23.7 Å². The number of hydrogen-bond donors (Lipinski definition) is 3. The zero-order valence-corrected chi connectivity index (χ0v) is 27.5. The van der Waals surface area contributed by atoms with E-state index in [0.29, 0.717) is 45.6 Å². The molecule has 0 saturated carbocycles. The van der Waals surface area contributed by atoms with Gasteiger partial charge >= 0.3 is 24.1 Å². The molecular weight excluding hydrogens is 612 g/mol. The first-order valence-corrected chi connectivity index (χ1v) is 16.5. The van der Waals surface area contributed by atoms with Gasteiger partial charge in [-0.05, 0) is 60.9 Å². The van der Waals surface area contributed by atoms with Crippen LogP contribution in [0.2, 0.25) is 0 Å². The molecule has 2 aliphatic rings. The normalized spacial score (nSPS) is 15.2. The Hall–Kier alpha value is -4.90. The first-order valence-electron chi connectivity index (χ1n) is 16.5. The Balaban J connectivity index is 0.970. The second-order valence-electron chi connectivity index (χ2n) is 12.7. The number of amides is 3. The Morgan fingerprint density at radius 3 is 2.08 bits per heavy atom. The van der Waals surface area contributed by atoms with Gasteiger partial charge in [0.2, 0.25) is 0 Å². The van der Waals surface area contributed by atoms with Gasteiger partial charge in [0, 0.05) is 38.6 Å². The van der Waals surface area contributed by atoms with Crippen molar-refractivity contribution >= 4 is 24.1 Å². The standard InChI is InChI=1S/C37H44N4O7/c1-37(2,26-12-4-3-5-13-26)48-33(42)24-40-20-22-41(23-21-40)35(45)38-19-11-10-18-32(34(43)44)39-36(46)47-25-31-29-16-8-6-14-27(29)28-15-7-9-17-30(28)31/h3-9,12-17,31-32H,10-11,18-25H2,1-2H3,(H,38,45)(H,39,46)(H,43,44). The molecule has 0 bridgehead atoms. The van der Waals surface area contributed by atoms with Crippen LogP contribution in [0.1, 0.15) is 55.7 Å². The number of nitrogens with zero attached hydrogens (tertiary/aromatic N) is 2. The summed E-state index contributed by atoms with van der Waals surface area (Å²) < 4.78 is 11.3. The number of urea groups is 1. The van der Waals surface area contributed by atoms with E-state index in [4.69, 9.17) is 9.47 Å². The lowest BCUT2D eigenvalue weighted by molar-refractivity contribution is -0.159. The van der Waals surface area contributed by atoms with Crippen LogP contribution in [0.25, 0.3) is 11.1 Å². The van der Waals surface area contributed by atoms with Crippen molar-refractivity contribution in [3.05, 3.63) is 95.6 Å². The Morgan fingerprint density at radius 2 is 1.46 bits per heavy atom. The fourth-order valence-corrected chi connectivity index (χ4v) is 6.33. The second-order valence-corrected chi connectivity index (χ2v) is 12.7. The van der Waals surface area contributed by atoms with Gasteiger partial charge in [0.15, 0.2) is 0 Å². The molecule has 3 amide bonds. The number of benzene rings is 3. The fraction of sp³-hybridized carbons (Fsp3) is 0.405. The number of carboxylic acids is 1. The molecule has 1 heterocycles. The summed E-state index contributed by atoms with van der Waals surface area (Å²) in [6.45, 7) is 6.42. The number of nitrogens with one attached hydrogen (secondary N) is 2. The molecule has 0 aromatic heterocycles. The molecule has 254 valence electrons. The number of unbranched alkanes of at least 4 members (excludes halogenated alkanes) is 1. The van der Waals surface area contributed by atoms with Crippen LogP contribution in [0.5, 0.6) is 0 Å². The number of carbonyl (C=O) groups excluding carboxylic acids is 3. The Bertz CT molecular complexity index is 1540. The lowest BCUT2D eigenvalue weighted by atomic mass is 9.98. The van der Waals surface area contributed by atoms with Crippen molar-refractivity contribution in [1.29, 1.82) is 0 Å². The van der Waals surface area contributed by atoms with Gasteiger partial charge in [0.25, 0.3) is 0 Å². The largest absolute Gasteiger partial charge is 0.480 e. The number of fused-ring (bicyclic) bond motifs is 3. The molecule has 1 atom stereocenters. The summed E-state index contributed by atoms with van der Waals surface area (Å²) >= 11 is 0. The van der Waals surface area contributed by atoms with Crippen LogP contribution in [0, 0.1) is 0 Å². The van der Waals surface area contributed by atoms with E-state index in [9.17, 15) is 24.3 Å². The van der Waals surface area contributed by atoms with Crippen LogP contribution in [0.15, 0.2) is 78.9 Å². The molecule has 0 spiro atoms. The van der Waals surface area contributed by atoms with Gasteiger partial charge in [0.05, 0.1) is 6.54 Å². The topological polar surface area (TPSA) is 138 Å². The number of rotatable bonds is 13. The maximum Gasteiger partial charge on any atom is 0.407 e. The lowest BCUT2D eigenvalue weighted by Gasteiger charge is -2.35. The van der Waals surface area contributed by atoms with Crippen LogP contribution in [0.3, 0.4) is 0 Å². The molecule has 1 aliphatic carbocycles. The van der Waals surface area contributed by atoms with Gasteiger partial charge in [0.1, 0.15) is 18.2 Å². The molecule has 11 nitrogen and oxygen atoms in total. The minimum atomic E-state index is -1.14. The number of aliphatic carboxylic acids is 1. The summed E-state index contributed by atoms with van der Waals surface area (Å²) in [5.74, 6) is -1.57. The summed E-state index contributed by atoms with van der Waals surface area (Å²) in [4.78, 5) is 53.4. The third-order valence-electron chi connectivity index (χ3n) is 8.98. The third kappa shape index (κ3) is 8.71. The van der Waals surface area contributed by atoms with Gasteiger partial charge in [-0.15, -0.1) is 0 Å². The molecule has 0 radical (unpaired) electrons. The summed E-state index contributed by atoms with van der Waals surface area (Å²) in [7, 11) is 0. The highest BCUT2D eigenvalue weighted by Crippen LogP contribution is 2.44. The van der Waals surface area contributed by atoms with E-state index in [1.807, 2.05) is 97.6 Å². The van der Waals surface area contributed by atoms with Crippen molar-refractivity contribution in [1.82, 2.24) is 20.4 Å². The van der Waals surface area contributed by atoms with Crippen molar-refractivity contribution in [3.8, 4) is 11.1 Å². The van der Waals surface area contributed by atoms with Crippen molar-refractivity contribution in [2.24, 2.45) is 0 Å². The predicted octanol–water partition coefficient (Wildman–Crippen LogP) is 4.95. The fourth-order valence-electron chi connectivity index (χ4n) is 6.33. The van der Waals surface area contributed by atoms with Gasteiger partial charge in [-0.2, -0.15) is 0 Å². The molecule has 5 rings (SSSR count). The number of carbonyl (C=O) groups is 4. The minimum Gasteiger partial charge on any atom is -0.480 e. The van der Waals surface area contributed by atoms with E-state index in [-0.39, 0.29) is 37.5 Å². The Morgan fingerprint density at radius 1 is 0.854 bits per heavy atom. The summed E-state index contributed by atoms with van der Waals surface area (Å²) in [6, 6.07) is 24.3. The Kier molecular flexibility index (Phi) is 11.3. The zero-order chi connectivity index (χ0) is 34.1. The quantitative estimate of drug-likeness (QED) is 0.174. The molecule has 11 heteroatoms. The number of hydrogen-bond acceptors (Lipinski definition) is 7. The van der Waals surface area contributed by atoms with Gasteiger partial charge < -0.3 is 30.1 Å².